The molecule has 3 nitrogen and oxygen atoms in total. The van der Waals surface area contributed by atoms with Gasteiger partial charge in [0.1, 0.15) is 8.07 Å². The van der Waals surface area contributed by atoms with Crippen LogP contribution in [0.2, 0.25) is 12.1 Å². The van der Waals surface area contributed by atoms with Crippen LogP contribution in [-0.4, -0.2) is 14.0 Å². The summed E-state index contributed by atoms with van der Waals surface area (Å²) >= 11 is 0. The molecule has 0 amide bonds. The molecule has 0 saturated heterocycles. The van der Waals surface area contributed by atoms with Gasteiger partial charge >= 0.3 is 5.97 Å². The molecule has 1 saturated carbocycles. The molecule has 1 aliphatic rings. The van der Waals surface area contributed by atoms with Crippen molar-refractivity contribution >= 4 is 19.2 Å². The lowest BCUT2D eigenvalue weighted by Crippen LogP contribution is -2.44. The van der Waals surface area contributed by atoms with Crippen molar-refractivity contribution < 1.29 is 14.6 Å². The van der Waals surface area contributed by atoms with Crippen LogP contribution in [0.5, 0.6) is 0 Å². The van der Waals surface area contributed by atoms with Gasteiger partial charge in [0.15, 0.2) is 6.10 Å². The summed E-state index contributed by atoms with van der Waals surface area (Å²) in [6, 6.07) is 10.0. The van der Waals surface area contributed by atoms with E-state index in [9.17, 15) is 4.79 Å². The van der Waals surface area contributed by atoms with Gasteiger partial charge in [-0.25, -0.2) is 4.79 Å². The average molecular weight is 360 g/mol. The predicted octanol–water partition coefficient (Wildman–Crippen LogP) is 5.18. The third-order valence-electron chi connectivity index (χ3n) is 5.81. The van der Waals surface area contributed by atoms with E-state index >= 15 is 0 Å². The normalized spacial score (nSPS) is 21.8. The van der Waals surface area contributed by atoms with Crippen LogP contribution in [0.25, 0.3) is 0 Å². The van der Waals surface area contributed by atoms with Crippen molar-refractivity contribution in [2.45, 2.75) is 59.0 Å². The molecule has 1 fully saturated rings. The molecule has 0 aromatic heterocycles. The first-order valence-electron chi connectivity index (χ1n) is 9.47. The number of hydrogen-bond donors (Lipinski definition) is 0. The molecule has 0 heterocycles. The lowest BCUT2D eigenvalue weighted by Gasteiger charge is -2.31. The average Bonchev–Trinajstić information content (AvgIpc) is 2.63. The van der Waals surface area contributed by atoms with E-state index in [2.05, 4.69) is 52.1 Å². The van der Waals surface area contributed by atoms with Gasteiger partial charge in [-0.05, 0) is 36.8 Å². The summed E-state index contributed by atoms with van der Waals surface area (Å²) in [5, 5.41) is 1.31. The third-order valence-corrected chi connectivity index (χ3v) is 10.6. The first kappa shape index (κ1) is 19.9. The third kappa shape index (κ3) is 4.42. The van der Waals surface area contributed by atoms with Crippen molar-refractivity contribution in [3.05, 3.63) is 48.2 Å². The highest BCUT2D eigenvalue weighted by molar-refractivity contribution is 6.95. The van der Waals surface area contributed by atoms with Crippen LogP contribution in [0.4, 0.5) is 0 Å². The second-order valence-electron chi connectivity index (χ2n) is 7.23. The summed E-state index contributed by atoms with van der Waals surface area (Å²) in [7, 11) is -1.64. The Bertz CT molecular complexity index is 567. The molecular formula is C21H31O3Si. The minimum atomic E-state index is -1.64. The molecule has 1 aromatic carbocycles. The fourth-order valence-electron chi connectivity index (χ4n) is 3.80. The van der Waals surface area contributed by atoms with E-state index in [0.717, 1.165) is 31.0 Å². The molecule has 2 rings (SSSR count). The molecule has 0 spiro atoms. The summed E-state index contributed by atoms with van der Waals surface area (Å²) in [4.78, 5) is 22.9. The Morgan fingerprint density at radius 1 is 1.16 bits per heavy atom. The van der Waals surface area contributed by atoms with Crippen molar-refractivity contribution in [3.63, 3.8) is 0 Å². The molecule has 4 heteroatoms. The molecule has 2 unspecified atom stereocenters. The van der Waals surface area contributed by atoms with Gasteiger partial charge in [-0.2, -0.15) is 4.89 Å². The fraction of sp³-hybridized carbons (Fsp3) is 0.524. The molecular weight excluding hydrogens is 328 g/mol. The van der Waals surface area contributed by atoms with Crippen LogP contribution >= 0.6 is 0 Å². The highest BCUT2D eigenvalue weighted by Crippen LogP contribution is 2.37. The van der Waals surface area contributed by atoms with Crippen LogP contribution < -0.4 is 5.19 Å². The second-order valence-corrected chi connectivity index (χ2v) is 11.9. The monoisotopic (exact) mass is 359 g/mol. The fourth-order valence-corrected chi connectivity index (χ4v) is 6.76. The molecule has 1 radical (unpaired) electrons. The number of rotatable bonds is 7. The zero-order valence-electron chi connectivity index (χ0n) is 16.0. The Labute approximate surface area is 153 Å². The van der Waals surface area contributed by atoms with Gasteiger partial charge in [-0.3, -0.25) is 4.89 Å². The smallest absolute Gasteiger partial charge is 0.292 e. The molecule has 0 bridgehead atoms. The largest absolute Gasteiger partial charge is 0.373 e. The van der Waals surface area contributed by atoms with Crippen LogP contribution in [0, 0.1) is 17.9 Å². The molecule has 1 aromatic rings. The quantitative estimate of drug-likeness (QED) is 0.382. The highest BCUT2D eigenvalue weighted by Gasteiger charge is 2.32. The van der Waals surface area contributed by atoms with Crippen molar-refractivity contribution in [1.82, 2.24) is 0 Å². The van der Waals surface area contributed by atoms with Crippen LogP contribution in [-0.2, 0) is 9.78 Å². The Morgan fingerprint density at radius 3 is 2.20 bits per heavy atom. The minimum absolute atomic E-state index is 0.340. The zero-order chi connectivity index (χ0) is 18.4. The Hall–Kier alpha value is -1.39. The highest BCUT2D eigenvalue weighted by atomic mass is 28.3. The summed E-state index contributed by atoms with van der Waals surface area (Å²) < 4.78 is 0. The minimum Gasteiger partial charge on any atom is -0.292 e. The zero-order valence-corrected chi connectivity index (χ0v) is 17.0. The summed E-state index contributed by atoms with van der Waals surface area (Å²) in [6.07, 6.45) is 4.28. The lowest BCUT2D eigenvalue weighted by atomic mass is 9.81. The van der Waals surface area contributed by atoms with E-state index in [1.54, 1.807) is 0 Å². The predicted molar refractivity (Wildman–Crippen MR) is 105 cm³/mol. The van der Waals surface area contributed by atoms with E-state index in [-0.39, 0.29) is 0 Å². The van der Waals surface area contributed by atoms with Crippen molar-refractivity contribution in [3.8, 4) is 0 Å². The molecule has 25 heavy (non-hydrogen) atoms. The molecule has 0 N–H and O–H groups in total. The maximum Gasteiger partial charge on any atom is 0.373 e. The van der Waals surface area contributed by atoms with E-state index in [0.29, 0.717) is 17.4 Å². The molecule has 0 aliphatic heterocycles. The Morgan fingerprint density at radius 2 is 1.72 bits per heavy atom. The van der Waals surface area contributed by atoms with Gasteiger partial charge in [0.2, 0.25) is 0 Å². The van der Waals surface area contributed by atoms with Crippen molar-refractivity contribution in [2.75, 3.05) is 0 Å². The maximum absolute atomic E-state index is 12.3. The number of hydrogen-bond acceptors (Lipinski definition) is 3. The summed E-state index contributed by atoms with van der Waals surface area (Å²) in [6.45, 7) is 12.7. The summed E-state index contributed by atoms with van der Waals surface area (Å²) in [5.74, 6) is 0.252. The second kappa shape index (κ2) is 8.81. The first-order valence-corrected chi connectivity index (χ1v) is 12.0. The number of carbonyl (C=O) groups excluding carboxylic acids is 1. The Kier molecular flexibility index (Phi) is 7.02. The van der Waals surface area contributed by atoms with E-state index < -0.39 is 14.0 Å². The lowest BCUT2D eigenvalue weighted by molar-refractivity contribution is -0.253. The van der Waals surface area contributed by atoms with Gasteiger partial charge in [0.05, 0.1) is 5.56 Å². The van der Waals surface area contributed by atoms with Gasteiger partial charge in [-0.15, -0.1) is 6.58 Å². The van der Waals surface area contributed by atoms with Crippen LogP contribution in [0.1, 0.15) is 57.3 Å². The SMILES string of the molecule is C=C[Si](CC)(CC)c1ccc(C(=O)OO[C]2C(C)CCCC2C)cc1. The van der Waals surface area contributed by atoms with Crippen molar-refractivity contribution in [2.24, 2.45) is 11.8 Å². The van der Waals surface area contributed by atoms with Gasteiger partial charge in [0, 0.05) is 0 Å². The van der Waals surface area contributed by atoms with E-state index in [1.165, 1.54) is 11.6 Å². The molecule has 137 valence electrons. The number of benzene rings is 1. The van der Waals surface area contributed by atoms with E-state index in [4.69, 9.17) is 9.78 Å². The van der Waals surface area contributed by atoms with Gasteiger partial charge in [0.25, 0.3) is 0 Å². The van der Waals surface area contributed by atoms with Crippen LogP contribution in [0.15, 0.2) is 36.5 Å². The van der Waals surface area contributed by atoms with Crippen molar-refractivity contribution in [1.29, 1.82) is 0 Å². The standard InChI is InChI=1S/C21H31O3Si/c1-6-25(7-2,8-3)19-14-12-18(13-15-19)21(22)24-23-20-16(4)10-9-11-17(20)5/h6,12-17H,1,7-11H2,2-5H3. The maximum atomic E-state index is 12.3. The first-order chi connectivity index (χ1) is 12.0. The van der Waals surface area contributed by atoms with Crippen LogP contribution in [0.3, 0.4) is 0 Å². The molecule has 1 aliphatic carbocycles. The summed E-state index contributed by atoms with van der Waals surface area (Å²) in [5.41, 5.74) is 2.67. The Balaban J connectivity index is 2.02. The van der Waals surface area contributed by atoms with Gasteiger partial charge in [-0.1, -0.05) is 69.2 Å². The van der Waals surface area contributed by atoms with Gasteiger partial charge < -0.3 is 0 Å². The van der Waals surface area contributed by atoms with E-state index in [1.807, 2.05) is 12.1 Å². The molecule has 2 atom stereocenters. The number of carbonyl (C=O) groups is 1. The topological polar surface area (TPSA) is 35.5 Å².